The Morgan fingerprint density at radius 2 is 1.69 bits per heavy atom. The Hall–Kier alpha value is -1.06. The van der Waals surface area contributed by atoms with Crippen molar-refractivity contribution in [3.63, 3.8) is 0 Å². The number of carboxylic acid groups (broad SMARTS) is 1. The maximum Gasteiger partial charge on any atom is 0.308 e. The van der Waals surface area contributed by atoms with Gasteiger partial charge in [0.2, 0.25) is 5.91 Å². The van der Waals surface area contributed by atoms with Gasteiger partial charge in [-0.3, -0.25) is 9.59 Å². The van der Waals surface area contributed by atoms with Crippen molar-refractivity contribution in [2.24, 2.45) is 11.8 Å². The Labute approximate surface area is 95.4 Å². The monoisotopic (exact) mass is 225 g/mol. The number of hydrogen-bond donors (Lipinski definition) is 2. The van der Waals surface area contributed by atoms with Gasteiger partial charge in [0.25, 0.3) is 0 Å². The summed E-state index contributed by atoms with van der Waals surface area (Å²) in [5.41, 5.74) is 0. The second-order valence-electron chi connectivity index (χ2n) is 4.97. The van der Waals surface area contributed by atoms with E-state index < -0.39 is 5.97 Å². The van der Waals surface area contributed by atoms with Crippen LogP contribution < -0.4 is 5.32 Å². The van der Waals surface area contributed by atoms with Crippen molar-refractivity contribution in [1.82, 2.24) is 5.32 Å². The third-order valence-electron chi connectivity index (χ3n) is 3.89. The standard InChI is InChI=1S/C12H19NO3/c14-11(8-4-3-5-8)13-10-7-2-1-6-9(10)12(15)16/h8-10H,1-7H2,(H,13,14)(H,15,16)/t9-,10+/m1/s1. The summed E-state index contributed by atoms with van der Waals surface area (Å²) in [6.07, 6.45) is 6.57. The van der Waals surface area contributed by atoms with E-state index in [1.54, 1.807) is 0 Å². The minimum absolute atomic E-state index is 0.0735. The smallest absolute Gasteiger partial charge is 0.308 e. The Morgan fingerprint density at radius 1 is 1.00 bits per heavy atom. The molecule has 0 spiro atoms. The van der Waals surface area contributed by atoms with Crippen LogP contribution in [0.3, 0.4) is 0 Å². The highest BCUT2D eigenvalue weighted by Crippen LogP contribution is 2.29. The molecule has 0 radical (unpaired) electrons. The Balaban J connectivity index is 1.90. The van der Waals surface area contributed by atoms with E-state index in [0.717, 1.165) is 38.5 Å². The first-order valence-corrected chi connectivity index (χ1v) is 6.21. The molecule has 4 heteroatoms. The molecule has 90 valence electrons. The normalized spacial score (nSPS) is 30.5. The van der Waals surface area contributed by atoms with Gasteiger partial charge in [-0.2, -0.15) is 0 Å². The molecule has 1 amide bonds. The molecule has 4 nitrogen and oxygen atoms in total. The van der Waals surface area contributed by atoms with Gasteiger partial charge in [0.05, 0.1) is 5.92 Å². The average Bonchev–Trinajstić information content (AvgIpc) is 2.15. The van der Waals surface area contributed by atoms with E-state index in [1.807, 2.05) is 0 Å². The van der Waals surface area contributed by atoms with E-state index in [2.05, 4.69) is 5.32 Å². The molecule has 0 aromatic carbocycles. The summed E-state index contributed by atoms with van der Waals surface area (Å²) in [6.45, 7) is 0. The van der Waals surface area contributed by atoms with E-state index in [-0.39, 0.29) is 23.8 Å². The van der Waals surface area contributed by atoms with E-state index in [1.165, 1.54) is 0 Å². The Morgan fingerprint density at radius 3 is 2.25 bits per heavy atom. The molecular weight excluding hydrogens is 206 g/mol. The molecule has 0 bridgehead atoms. The number of carbonyl (C=O) groups excluding carboxylic acids is 1. The molecule has 0 aromatic rings. The highest BCUT2D eigenvalue weighted by molar-refractivity contribution is 5.81. The van der Waals surface area contributed by atoms with E-state index in [4.69, 9.17) is 5.11 Å². The van der Waals surface area contributed by atoms with Crippen molar-refractivity contribution in [2.45, 2.75) is 51.0 Å². The molecule has 2 N–H and O–H groups in total. The van der Waals surface area contributed by atoms with Crippen LogP contribution in [-0.4, -0.2) is 23.0 Å². The van der Waals surface area contributed by atoms with E-state index in [9.17, 15) is 9.59 Å². The van der Waals surface area contributed by atoms with Crippen LogP contribution in [0.15, 0.2) is 0 Å². The molecule has 0 aliphatic heterocycles. The zero-order valence-electron chi connectivity index (χ0n) is 9.45. The maximum absolute atomic E-state index is 11.8. The predicted octanol–water partition coefficient (Wildman–Crippen LogP) is 1.55. The quantitative estimate of drug-likeness (QED) is 0.765. The molecule has 2 fully saturated rings. The van der Waals surface area contributed by atoms with Crippen molar-refractivity contribution in [1.29, 1.82) is 0 Å². The minimum Gasteiger partial charge on any atom is -0.481 e. The molecule has 0 aromatic heterocycles. The molecule has 0 saturated heterocycles. The summed E-state index contributed by atoms with van der Waals surface area (Å²) < 4.78 is 0. The average molecular weight is 225 g/mol. The van der Waals surface area contributed by atoms with Crippen LogP contribution in [0.2, 0.25) is 0 Å². The number of amides is 1. The first kappa shape index (κ1) is 11.4. The number of carboxylic acids is 1. The topological polar surface area (TPSA) is 66.4 Å². The first-order valence-electron chi connectivity index (χ1n) is 6.21. The summed E-state index contributed by atoms with van der Waals surface area (Å²) in [5, 5.41) is 12.0. The van der Waals surface area contributed by atoms with Gasteiger partial charge < -0.3 is 10.4 Å². The Kier molecular flexibility index (Phi) is 3.46. The van der Waals surface area contributed by atoms with E-state index in [0.29, 0.717) is 6.42 Å². The SMILES string of the molecule is O=C(N[C@H]1CCCC[C@H]1C(=O)O)C1CCC1. The third kappa shape index (κ3) is 2.36. The Bertz CT molecular complexity index is 286. The van der Waals surface area contributed by atoms with Crippen molar-refractivity contribution < 1.29 is 14.7 Å². The predicted molar refractivity (Wildman–Crippen MR) is 58.9 cm³/mol. The van der Waals surface area contributed by atoms with Crippen LogP contribution in [-0.2, 0) is 9.59 Å². The van der Waals surface area contributed by atoms with Gasteiger partial charge in [-0.25, -0.2) is 0 Å². The zero-order valence-corrected chi connectivity index (χ0v) is 9.45. The number of rotatable bonds is 3. The van der Waals surface area contributed by atoms with Crippen LogP contribution >= 0.6 is 0 Å². The second-order valence-corrected chi connectivity index (χ2v) is 4.97. The summed E-state index contributed by atoms with van der Waals surface area (Å²) in [5.74, 6) is -0.919. The molecule has 0 heterocycles. The fourth-order valence-electron chi connectivity index (χ4n) is 2.57. The zero-order chi connectivity index (χ0) is 11.5. The summed E-state index contributed by atoms with van der Waals surface area (Å²) in [4.78, 5) is 22.8. The number of aliphatic carboxylic acids is 1. The molecule has 16 heavy (non-hydrogen) atoms. The minimum atomic E-state index is -0.765. The van der Waals surface area contributed by atoms with Gasteiger partial charge in [-0.1, -0.05) is 19.3 Å². The van der Waals surface area contributed by atoms with Crippen molar-refractivity contribution in [3.05, 3.63) is 0 Å². The van der Waals surface area contributed by atoms with Crippen molar-refractivity contribution in [3.8, 4) is 0 Å². The van der Waals surface area contributed by atoms with Gasteiger partial charge >= 0.3 is 5.97 Å². The lowest BCUT2D eigenvalue weighted by atomic mass is 9.81. The van der Waals surface area contributed by atoms with Crippen molar-refractivity contribution in [2.75, 3.05) is 0 Å². The molecule has 2 atom stereocenters. The van der Waals surface area contributed by atoms with Crippen molar-refractivity contribution >= 4 is 11.9 Å². The van der Waals surface area contributed by atoms with Gasteiger partial charge in [0.15, 0.2) is 0 Å². The largest absolute Gasteiger partial charge is 0.481 e. The lowest BCUT2D eigenvalue weighted by molar-refractivity contribution is -0.144. The summed E-state index contributed by atoms with van der Waals surface area (Å²) in [7, 11) is 0. The van der Waals surface area contributed by atoms with E-state index >= 15 is 0 Å². The maximum atomic E-state index is 11.8. The van der Waals surface area contributed by atoms with Gasteiger partial charge in [-0.05, 0) is 25.7 Å². The highest BCUT2D eigenvalue weighted by atomic mass is 16.4. The highest BCUT2D eigenvalue weighted by Gasteiger charge is 2.34. The lowest BCUT2D eigenvalue weighted by Gasteiger charge is -2.32. The van der Waals surface area contributed by atoms with Gasteiger partial charge in [0.1, 0.15) is 0 Å². The summed E-state index contributed by atoms with van der Waals surface area (Å²) >= 11 is 0. The lowest BCUT2D eigenvalue weighted by Crippen LogP contribution is -2.48. The van der Waals surface area contributed by atoms with Crippen LogP contribution in [0.4, 0.5) is 0 Å². The van der Waals surface area contributed by atoms with Gasteiger partial charge in [0, 0.05) is 12.0 Å². The summed E-state index contributed by atoms with van der Waals surface area (Å²) in [6, 6.07) is -0.139. The van der Waals surface area contributed by atoms with Crippen LogP contribution in [0.1, 0.15) is 44.9 Å². The third-order valence-corrected chi connectivity index (χ3v) is 3.89. The molecule has 2 saturated carbocycles. The molecular formula is C12H19NO3. The molecule has 2 rings (SSSR count). The van der Waals surface area contributed by atoms with Crippen LogP contribution in [0, 0.1) is 11.8 Å². The fourth-order valence-corrected chi connectivity index (χ4v) is 2.57. The van der Waals surface area contributed by atoms with Crippen LogP contribution in [0.25, 0.3) is 0 Å². The fraction of sp³-hybridized carbons (Fsp3) is 0.833. The first-order chi connectivity index (χ1) is 7.68. The van der Waals surface area contributed by atoms with Crippen LogP contribution in [0.5, 0.6) is 0 Å². The number of hydrogen-bond acceptors (Lipinski definition) is 2. The number of nitrogens with one attached hydrogen (secondary N) is 1. The molecule has 0 unspecified atom stereocenters. The molecule has 2 aliphatic rings. The second kappa shape index (κ2) is 4.85. The van der Waals surface area contributed by atoms with Gasteiger partial charge in [-0.15, -0.1) is 0 Å². The molecule has 2 aliphatic carbocycles. The number of carbonyl (C=O) groups is 2.